The fraction of sp³-hybridized carbons (Fsp3) is 0.500. The highest BCUT2D eigenvalue weighted by Gasteiger charge is 2.15. The van der Waals surface area contributed by atoms with Crippen LogP contribution >= 0.6 is 11.6 Å². The van der Waals surface area contributed by atoms with Crippen molar-refractivity contribution >= 4 is 11.6 Å². The highest BCUT2D eigenvalue weighted by atomic mass is 35.5. The summed E-state index contributed by atoms with van der Waals surface area (Å²) < 4.78 is 0. The van der Waals surface area contributed by atoms with Gasteiger partial charge in [-0.1, -0.05) is 18.0 Å². The van der Waals surface area contributed by atoms with Crippen LogP contribution in [-0.4, -0.2) is 11.5 Å². The predicted octanol–water partition coefficient (Wildman–Crippen LogP) is 1.84. The summed E-state index contributed by atoms with van der Waals surface area (Å²) in [6.45, 7) is 1.04. The minimum atomic E-state index is -0.216. The molecule has 1 aliphatic rings. The Labute approximate surface area is 87.5 Å². The van der Waals surface area contributed by atoms with Crippen molar-refractivity contribution in [1.29, 1.82) is 0 Å². The average Bonchev–Trinajstić information content (AvgIpc) is 2.23. The molecule has 2 rings (SSSR count). The fourth-order valence-corrected chi connectivity index (χ4v) is 1.99. The molecule has 2 heterocycles. The molecule has 1 aromatic rings. The van der Waals surface area contributed by atoms with Crippen LogP contribution in [0.5, 0.6) is 0 Å². The smallest absolute Gasteiger partial charge is 0.266 e. The summed E-state index contributed by atoms with van der Waals surface area (Å²) in [5, 5.41) is 3.67. The summed E-state index contributed by atoms with van der Waals surface area (Å²) in [4.78, 5) is 13.7. The van der Waals surface area contributed by atoms with Gasteiger partial charge in [-0.15, -0.1) is 0 Å². The molecule has 3 nitrogen and oxygen atoms in total. The van der Waals surface area contributed by atoms with Gasteiger partial charge in [-0.25, -0.2) is 0 Å². The molecule has 4 heteroatoms. The van der Waals surface area contributed by atoms with Gasteiger partial charge in [0.05, 0.1) is 0 Å². The molecule has 2 N–H and O–H groups in total. The summed E-state index contributed by atoms with van der Waals surface area (Å²) in [5.41, 5.74) is 0.862. The average molecular weight is 213 g/mol. The number of hydrogen-bond donors (Lipinski definition) is 2. The van der Waals surface area contributed by atoms with E-state index < -0.39 is 0 Å². The maximum atomic E-state index is 11.0. The lowest BCUT2D eigenvalue weighted by molar-refractivity contribution is 0.411. The van der Waals surface area contributed by atoms with Crippen molar-refractivity contribution in [3.8, 4) is 0 Å². The molecule has 0 unspecified atom stereocenters. The topological polar surface area (TPSA) is 44.9 Å². The molecule has 0 aliphatic carbocycles. The third-order valence-corrected chi connectivity index (χ3v) is 2.87. The normalized spacial score (nSPS) is 22.2. The second-order valence-corrected chi connectivity index (χ2v) is 4.02. The molecular weight excluding hydrogens is 200 g/mol. The van der Waals surface area contributed by atoms with E-state index in [0.717, 1.165) is 18.5 Å². The molecule has 1 aromatic heterocycles. The van der Waals surface area contributed by atoms with Gasteiger partial charge in [0.1, 0.15) is 5.02 Å². The highest BCUT2D eigenvalue weighted by molar-refractivity contribution is 6.30. The van der Waals surface area contributed by atoms with E-state index in [1.807, 2.05) is 0 Å². The van der Waals surface area contributed by atoms with Crippen molar-refractivity contribution in [2.75, 3.05) is 6.54 Å². The summed E-state index contributed by atoms with van der Waals surface area (Å²) in [6.07, 6.45) is 5.32. The van der Waals surface area contributed by atoms with E-state index in [0.29, 0.717) is 6.04 Å². The molecule has 0 aromatic carbocycles. The summed E-state index contributed by atoms with van der Waals surface area (Å²) >= 11 is 5.76. The first-order valence-corrected chi connectivity index (χ1v) is 5.26. The minimum absolute atomic E-state index is 0.216. The van der Waals surface area contributed by atoms with Crippen molar-refractivity contribution in [3.05, 3.63) is 33.2 Å². The Kier molecular flexibility index (Phi) is 2.89. The largest absolute Gasteiger partial charge is 0.327 e. The van der Waals surface area contributed by atoms with E-state index >= 15 is 0 Å². The number of nitrogens with one attached hydrogen (secondary N) is 2. The van der Waals surface area contributed by atoms with E-state index in [1.165, 1.54) is 12.8 Å². The van der Waals surface area contributed by atoms with Crippen molar-refractivity contribution < 1.29 is 0 Å². The maximum absolute atomic E-state index is 11.0. The van der Waals surface area contributed by atoms with Gasteiger partial charge < -0.3 is 10.3 Å². The van der Waals surface area contributed by atoms with Crippen molar-refractivity contribution in [2.45, 2.75) is 25.3 Å². The lowest BCUT2D eigenvalue weighted by Gasteiger charge is -2.23. The van der Waals surface area contributed by atoms with Crippen LogP contribution in [0.25, 0.3) is 0 Å². The number of aromatic nitrogens is 1. The minimum Gasteiger partial charge on any atom is -0.327 e. The Morgan fingerprint density at radius 3 is 2.93 bits per heavy atom. The molecule has 76 valence electrons. The zero-order valence-electron chi connectivity index (χ0n) is 7.85. The van der Waals surface area contributed by atoms with E-state index in [4.69, 9.17) is 11.6 Å². The quantitative estimate of drug-likeness (QED) is 0.746. The van der Waals surface area contributed by atoms with Crippen molar-refractivity contribution in [3.63, 3.8) is 0 Å². The molecule has 1 aliphatic heterocycles. The van der Waals surface area contributed by atoms with E-state index in [2.05, 4.69) is 10.3 Å². The van der Waals surface area contributed by atoms with Gasteiger partial charge in [-0.05, 0) is 31.0 Å². The van der Waals surface area contributed by atoms with Crippen LogP contribution in [-0.2, 0) is 0 Å². The van der Waals surface area contributed by atoms with E-state index in [1.54, 1.807) is 12.3 Å². The van der Waals surface area contributed by atoms with Gasteiger partial charge in [0.25, 0.3) is 5.56 Å². The Morgan fingerprint density at radius 2 is 2.29 bits per heavy atom. The predicted molar refractivity (Wildman–Crippen MR) is 56.7 cm³/mol. The zero-order chi connectivity index (χ0) is 9.97. The van der Waals surface area contributed by atoms with Crippen LogP contribution in [0, 0.1) is 0 Å². The lowest BCUT2D eigenvalue weighted by Crippen LogP contribution is -2.27. The number of halogens is 1. The van der Waals surface area contributed by atoms with Crippen LogP contribution in [0.1, 0.15) is 30.9 Å². The van der Waals surface area contributed by atoms with E-state index in [-0.39, 0.29) is 10.6 Å². The standard InChI is InChI=1S/C10H13ClN2O/c11-8-5-7(6-13-10(8)14)9-3-1-2-4-12-9/h5-6,9,12H,1-4H2,(H,13,14)/t9-/m1/s1. The Bertz CT molecular complexity index is 369. The number of rotatable bonds is 1. The zero-order valence-corrected chi connectivity index (χ0v) is 8.60. The third-order valence-electron chi connectivity index (χ3n) is 2.59. The molecule has 1 saturated heterocycles. The fourth-order valence-electron chi connectivity index (χ4n) is 1.81. The number of H-pyrrole nitrogens is 1. The number of pyridine rings is 1. The van der Waals surface area contributed by atoms with Crippen molar-refractivity contribution in [2.24, 2.45) is 0 Å². The molecule has 0 saturated carbocycles. The first-order valence-electron chi connectivity index (χ1n) is 4.89. The van der Waals surface area contributed by atoms with Crippen LogP contribution in [0.2, 0.25) is 5.02 Å². The lowest BCUT2D eigenvalue weighted by atomic mass is 9.99. The molecule has 14 heavy (non-hydrogen) atoms. The Hall–Kier alpha value is -0.800. The number of hydrogen-bond acceptors (Lipinski definition) is 2. The van der Waals surface area contributed by atoms with Crippen LogP contribution in [0.4, 0.5) is 0 Å². The number of aromatic amines is 1. The van der Waals surface area contributed by atoms with Crippen LogP contribution in [0.15, 0.2) is 17.1 Å². The monoisotopic (exact) mass is 212 g/mol. The first kappa shape index (κ1) is 9.74. The first-order chi connectivity index (χ1) is 6.77. The Balaban J connectivity index is 2.22. The molecule has 0 bridgehead atoms. The van der Waals surface area contributed by atoms with Crippen LogP contribution in [0.3, 0.4) is 0 Å². The molecule has 0 spiro atoms. The molecule has 0 radical (unpaired) electrons. The van der Waals surface area contributed by atoms with Gasteiger partial charge in [-0.3, -0.25) is 4.79 Å². The number of piperidine rings is 1. The van der Waals surface area contributed by atoms with Gasteiger partial charge in [0.15, 0.2) is 0 Å². The summed E-state index contributed by atoms with van der Waals surface area (Å²) in [6, 6.07) is 2.10. The molecule has 1 fully saturated rings. The molecule has 1 atom stereocenters. The van der Waals surface area contributed by atoms with Gasteiger partial charge in [0, 0.05) is 12.2 Å². The van der Waals surface area contributed by atoms with E-state index in [9.17, 15) is 4.79 Å². The molecular formula is C10H13ClN2O. The second kappa shape index (κ2) is 4.15. The Morgan fingerprint density at radius 1 is 1.43 bits per heavy atom. The van der Waals surface area contributed by atoms with Gasteiger partial charge in [-0.2, -0.15) is 0 Å². The third kappa shape index (κ3) is 1.99. The second-order valence-electron chi connectivity index (χ2n) is 3.61. The van der Waals surface area contributed by atoms with Crippen LogP contribution < -0.4 is 10.9 Å². The van der Waals surface area contributed by atoms with Gasteiger partial charge >= 0.3 is 0 Å². The van der Waals surface area contributed by atoms with Crippen molar-refractivity contribution in [1.82, 2.24) is 10.3 Å². The SMILES string of the molecule is O=c1[nH]cc([C@H]2CCCCN2)cc1Cl. The maximum Gasteiger partial charge on any atom is 0.266 e. The summed E-state index contributed by atoms with van der Waals surface area (Å²) in [7, 11) is 0. The van der Waals surface area contributed by atoms with Gasteiger partial charge in [0.2, 0.25) is 0 Å². The molecule has 0 amide bonds. The summed E-state index contributed by atoms with van der Waals surface area (Å²) in [5.74, 6) is 0. The highest BCUT2D eigenvalue weighted by Crippen LogP contribution is 2.22.